The summed E-state index contributed by atoms with van der Waals surface area (Å²) in [5.74, 6) is 0.520. The Balaban J connectivity index is 2.03. The summed E-state index contributed by atoms with van der Waals surface area (Å²) in [7, 11) is 1.60. The number of hydrogen-bond donors (Lipinski definition) is 1. The Kier molecular flexibility index (Phi) is 3.16. The van der Waals surface area contributed by atoms with Gasteiger partial charge in [-0.3, -0.25) is 4.79 Å². The van der Waals surface area contributed by atoms with E-state index in [0.717, 1.165) is 17.0 Å². The molecule has 3 rings (SSSR count). The fourth-order valence-corrected chi connectivity index (χ4v) is 2.19. The number of aliphatic imine (C=N–C) groups is 1. The van der Waals surface area contributed by atoms with Gasteiger partial charge in [0.25, 0.3) is 5.91 Å². The highest BCUT2D eigenvalue weighted by Gasteiger charge is 2.26. The summed E-state index contributed by atoms with van der Waals surface area (Å²) in [5, 5.41) is 3.34. The maximum atomic E-state index is 12.0. The van der Waals surface area contributed by atoms with Crippen LogP contribution < -0.4 is 10.1 Å². The number of ether oxygens (including phenoxy) is 1. The number of nitrogens with zero attached hydrogens (tertiary/aromatic N) is 1. The number of anilines is 1. The van der Waals surface area contributed by atoms with Crippen molar-refractivity contribution in [2.24, 2.45) is 4.99 Å². The van der Waals surface area contributed by atoms with E-state index in [1.807, 2.05) is 0 Å². The molecule has 100 valence electrons. The monoisotopic (exact) mass is 286 g/mol. The van der Waals surface area contributed by atoms with Crippen LogP contribution in [0.5, 0.6) is 5.75 Å². The molecular weight excluding hydrogens is 276 g/mol. The molecule has 0 saturated carbocycles. The maximum Gasteiger partial charge on any atom is 0.275 e. The average Bonchev–Trinajstić information content (AvgIpc) is 2.76. The number of methoxy groups -OCH3 is 1. The van der Waals surface area contributed by atoms with E-state index in [2.05, 4.69) is 10.3 Å². The van der Waals surface area contributed by atoms with E-state index < -0.39 is 0 Å². The average molecular weight is 287 g/mol. The van der Waals surface area contributed by atoms with Crippen molar-refractivity contribution in [1.29, 1.82) is 0 Å². The Morgan fingerprint density at radius 3 is 2.60 bits per heavy atom. The molecular formula is C15H11ClN2O2. The van der Waals surface area contributed by atoms with Crippen LogP contribution in [0.1, 0.15) is 5.56 Å². The van der Waals surface area contributed by atoms with Crippen LogP contribution in [-0.4, -0.2) is 18.7 Å². The van der Waals surface area contributed by atoms with Crippen LogP contribution >= 0.6 is 11.6 Å². The van der Waals surface area contributed by atoms with Gasteiger partial charge in [0.05, 0.1) is 18.5 Å². The Labute approximate surface area is 121 Å². The van der Waals surface area contributed by atoms with Gasteiger partial charge < -0.3 is 10.1 Å². The number of fused-ring (bicyclic) bond motifs is 1. The lowest BCUT2D eigenvalue weighted by Gasteiger charge is -2.01. The van der Waals surface area contributed by atoms with Crippen LogP contribution in [0.25, 0.3) is 0 Å². The first-order valence-corrected chi connectivity index (χ1v) is 6.39. The second kappa shape index (κ2) is 4.98. The summed E-state index contributed by atoms with van der Waals surface area (Å²) in [4.78, 5) is 16.3. The van der Waals surface area contributed by atoms with Crippen LogP contribution in [-0.2, 0) is 4.79 Å². The predicted octanol–water partition coefficient (Wildman–Crippen LogP) is 3.42. The normalized spacial score (nSPS) is 15.1. The molecule has 0 saturated heterocycles. The van der Waals surface area contributed by atoms with E-state index in [1.165, 1.54) is 0 Å². The van der Waals surface area contributed by atoms with Crippen molar-refractivity contribution in [3.63, 3.8) is 0 Å². The first-order valence-electron chi connectivity index (χ1n) is 6.01. The Morgan fingerprint density at radius 2 is 1.90 bits per heavy atom. The number of rotatable bonds is 2. The van der Waals surface area contributed by atoms with Crippen molar-refractivity contribution >= 4 is 34.6 Å². The van der Waals surface area contributed by atoms with E-state index in [1.54, 1.807) is 49.6 Å². The van der Waals surface area contributed by atoms with Crippen molar-refractivity contribution in [3.8, 4) is 5.75 Å². The number of amides is 1. The predicted molar refractivity (Wildman–Crippen MR) is 79.3 cm³/mol. The lowest BCUT2D eigenvalue weighted by atomic mass is 10.1. The van der Waals surface area contributed by atoms with E-state index >= 15 is 0 Å². The maximum absolute atomic E-state index is 12.0. The van der Waals surface area contributed by atoms with Gasteiger partial charge in [-0.05, 0) is 42.5 Å². The molecule has 0 spiro atoms. The van der Waals surface area contributed by atoms with E-state index in [-0.39, 0.29) is 5.91 Å². The highest BCUT2D eigenvalue weighted by molar-refractivity contribution is 6.54. The molecule has 0 bridgehead atoms. The van der Waals surface area contributed by atoms with Crippen LogP contribution in [0.15, 0.2) is 47.5 Å². The van der Waals surface area contributed by atoms with Crippen molar-refractivity contribution in [2.45, 2.75) is 0 Å². The summed E-state index contributed by atoms with van der Waals surface area (Å²) in [6.45, 7) is 0. The molecule has 1 N–H and O–H groups in total. The number of nitrogens with one attached hydrogen (secondary N) is 1. The van der Waals surface area contributed by atoms with Gasteiger partial charge >= 0.3 is 0 Å². The largest absolute Gasteiger partial charge is 0.497 e. The summed E-state index contributed by atoms with van der Waals surface area (Å²) in [6.07, 6.45) is 0. The fraction of sp³-hybridized carbons (Fsp3) is 0.0667. The van der Waals surface area contributed by atoms with Gasteiger partial charge in [0.2, 0.25) is 0 Å². The molecule has 1 aliphatic rings. The first kappa shape index (κ1) is 12.7. The van der Waals surface area contributed by atoms with Crippen molar-refractivity contribution in [2.75, 3.05) is 12.4 Å². The van der Waals surface area contributed by atoms with Gasteiger partial charge in [0.15, 0.2) is 0 Å². The molecule has 1 amide bonds. The third kappa shape index (κ3) is 2.26. The molecule has 2 aromatic rings. The highest BCUT2D eigenvalue weighted by Crippen LogP contribution is 2.28. The summed E-state index contributed by atoms with van der Waals surface area (Å²) in [6, 6.07) is 12.4. The number of hydrogen-bond acceptors (Lipinski definition) is 3. The molecule has 20 heavy (non-hydrogen) atoms. The van der Waals surface area contributed by atoms with Gasteiger partial charge in [0.1, 0.15) is 11.5 Å². The van der Waals surface area contributed by atoms with Crippen LogP contribution in [0.3, 0.4) is 0 Å². The Morgan fingerprint density at radius 1 is 1.15 bits per heavy atom. The summed E-state index contributed by atoms with van der Waals surface area (Å²) < 4.78 is 5.09. The zero-order valence-corrected chi connectivity index (χ0v) is 11.4. The number of carbonyl (C=O) groups excluding carboxylic acids is 1. The van der Waals surface area contributed by atoms with Crippen molar-refractivity contribution in [1.82, 2.24) is 0 Å². The lowest BCUT2D eigenvalue weighted by molar-refractivity contribution is -0.110. The van der Waals surface area contributed by atoms with Gasteiger partial charge in [-0.2, -0.15) is 0 Å². The number of carbonyl (C=O) groups is 1. The second-order valence-electron chi connectivity index (χ2n) is 4.30. The molecule has 1 aliphatic heterocycles. The minimum atomic E-state index is -0.224. The van der Waals surface area contributed by atoms with Gasteiger partial charge in [0, 0.05) is 10.6 Å². The molecule has 0 atom stereocenters. The van der Waals surface area contributed by atoms with Crippen molar-refractivity contribution < 1.29 is 9.53 Å². The molecule has 0 radical (unpaired) electrons. The summed E-state index contributed by atoms with van der Waals surface area (Å²) >= 11 is 5.97. The molecule has 2 aromatic carbocycles. The smallest absolute Gasteiger partial charge is 0.275 e. The molecule has 0 aliphatic carbocycles. The third-order valence-corrected chi connectivity index (χ3v) is 3.25. The van der Waals surface area contributed by atoms with Gasteiger partial charge in [-0.1, -0.05) is 11.6 Å². The van der Waals surface area contributed by atoms with E-state index in [9.17, 15) is 4.79 Å². The number of benzene rings is 2. The second-order valence-corrected chi connectivity index (χ2v) is 4.74. The number of halogens is 1. The standard InChI is InChI=1S/C15H11ClN2O2/c1-20-11-5-3-10(4-6-11)17-14-12-8-9(16)2-7-13(12)18-15(14)19/h2-8H,1H3,(H,17,18,19). The molecule has 5 heteroatoms. The minimum Gasteiger partial charge on any atom is -0.497 e. The fourth-order valence-electron chi connectivity index (χ4n) is 2.02. The molecule has 0 unspecified atom stereocenters. The first-order chi connectivity index (χ1) is 9.67. The minimum absolute atomic E-state index is 0.224. The molecule has 4 nitrogen and oxygen atoms in total. The van der Waals surface area contributed by atoms with E-state index in [0.29, 0.717) is 16.4 Å². The highest BCUT2D eigenvalue weighted by atomic mass is 35.5. The summed E-state index contributed by atoms with van der Waals surface area (Å²) in [5.41, 5.74) is 2.50. The quantitative estimate of drug-likeness (QED) is 0.919. The lowest BCUT2D eigenvalue weighted by Crippen LogP contribution is -2.13. The van der Waals surface area contributed by atoms with E-state index in [4.69, 9.17) is 16.3 Å². The molecule has 0 aromatic heterocycles. The van der Waals surface area contributed by atoms with Gasteiger partial charge in [-0.15, -0.1) is 0 Å². The Bertz CT molecular complexity index is 708. The van der Waals surface area contributed by atoms with Crippen LogP contribution in [0.4, 0.5) is 11.4 Å². The van der Waals surface area contributed by atoms with Crippen molar-refractivity contribution in [3.05, 3.63) is 53.1 Å². The third-order valence-electron chi connectivity index (χ3n) is 3.01. The van der Waals surface area contributed by atoms with Gasteiger partial charge in [-0.25, -0.2) is 4.99 Å². The zero-order chi connectivity index (χ0) is 14.1. The van der Waals surface area contributed by atoms with Crippen LogP contribution in [0.2, 0.25) is 5.02 Å². The SMILES string of the molecule is COc1ccc(N=C2C(=O)Nc3ccc(Cl)cc32)cc1. The Hall–Kier alpha value is -2.33. The molecule has 0 fully saturated rings. The zero-order valence-electron chi connectivity index (χ0n) is 10.7. The topological polar surface area (TPSA) is 50.7 Å². The molecule has 1 heterocycles. The van der Waals surface area contributed by atoms with Crippen LogP contribution in [0, 0.1) is 0 Å².